The largest absolute Gasteiger partial charge is 0.404 e. The number of hydrogen-bond acceptors (Lipinski definition) is 4. The fourth-order valence-electron chi connectivity index (χ4n) is 2.04. The quantitative estimate of drug-likeness (QED) is 0.569. The third-order valence-corrected chi connectivity index (χ3v) is 4.95. The molecule has 0 aromatic carbocycles. The summed E-state index contributed by atoms with van der Waals surface area (Å²) in [4.78, 5) is 12.7. The van der Waals surface area contributed by atoms with Crippen LogP contribution in [0.5, 0.6) is 0 Å². The molecule has 0 aliphatic rings. The van der Waals surface area contributed by atoms with Crippen molar-refractivity contribution in [3.05, 3.63) is 50.1 Å². The maximum absolute atomic E-state index is 11.7. The van der Waals surface area contributed by atoms with Gasteiger partial charge in [0.05, 0.1) is 4.53 Å². The van der Waals surface area contributed by atoms with Gasteiger partial charge in [-0.15, -0.1) is 11.3 Å². The van der Waals surface area contributed by atoms with E-state index in [9.17, 15) is 4.79 Å². The van der Waals surface area contributed by atoms with Gasteiger partial charge in [0.15, 0.2) is 0 Å². The van der Waals surface area contributed by atoms with Crippen LogP contribution in [-0.2, 0) is 4.79 Å². The van der Waals surface area contributed by atoms with Crippen molar-refractivity contribution in [2.24, 2.45) is 22.6 Å². The van der Waals surface area contributed by atoms with E-state index < -0.39 is 5.91 Å². The van der Waals surface area contributed by atoms with Crippen molar-refractivity contribution in [1.82, 2.24) is 0 Å². The van der Waals surface area contributed by atoms with E-state index in [1.165, 1.54) is 0 Å². The molecule has 1 amide bonds. The Hall–Kier alpha value is -2.27. The lowest BCUT2D eigenvalue weighted by Crippen LogP contribution is -2.31. The molecule has 1 aromatic heterocycles. The zero-order valence-corrected chi connectivity index (χ0v) is 16.8. The summed E-state index contributed by atoms with van der Waals surface area (Å²) >= 11 is 1.57. The summed E-state index contributed by atoms with van der Waals surface area (Å²) in [6.07, 6.45) is 6.97. The van der Waals surface area contributed by atoms with Crippen LogP contribution in [0.4, 0.5) is 0 Å². The van der Waals surface area contributed by atoms with Crippen LogP contribution in [0.3, 0.4) is 0 Å². The van der Waals surface area contributed by atoms with Gasteiger partial charge in [-0.05, 0) is 44.6 Å². The van der Waals surface area contributed by atoms with Gasteiger partial charge in [0, 0.05) is 33.0 Å². The van der Waals surface area contributed by atoms with Crippen molar-refractivity contribution in [3.63, 3.8) is 0 Å². The molecule has 0 aliphatic carbocycles. The lowest BCUT2D eigenvalue weighted by Gasteiger charge is -2.18. The second-order valence-corrected chi connectivity index (χ2v) is 8.34. The minimum atomic E-state index is -0.458. The molecule has 1 rings (SSSR count). The molecule has 1 aromatic rings. The number of amides is 1. The van der Waals surface area contributed by atoms with Crippen molar-refractivity contribution in [1.29, 1.82) is 0 Å². The van der Waals surface area contributed by atoms with Crippen LogP contribution >= 0.6 is 11.3 Å². The first kappa shape index (κ1) is 20.8. The predicted octanol–water partition coefficient (Wildman–Crippen LogP) is 2.34. The Morgan fingerprint density at radius 3 is 2.16 bits per heavy atom. The van der Waals surface area contributed by atoms with Gasteiger partial charge >= 0.3 is 0 Å². The van der Waals surface area contributed by atoms with Gasteiger partial charge in [-0.3, -0.25) is 4.79 Å². The number of carbonyl (C=O) groups excluding carboxylic acids is 1. The summed E-state index contributed by atoms with van der Waals surface area (Å²) in [7, 11) is 0. The Balaban J connectivity index is 3.53. The van der Waals surface area contributed by atoms with Crippen molar-refractivity contribution in [2.75, 3.05) is 0 Å². The third-order valence-electron chi connectivity index (χ3n) is 3.63. The van der Waals surface area contributed by atoms with Crippen molar-refractivity contribution in [2.45, 2.75) is 41.5 Å². The predicted molar refractivity (Wildman–Crippen MR) is 110 cm³/mol. The smallest absolute Gasteiger partial charge is 0.248 e. The fourth-order valence-corrected chi connectivity index (χ4v) is 3.32. The molecule has 6 N–H and O–H groups in total. The minimum Gasteiger partial charge on any atom is -0.404 e. The lowest BCUT2D eigenvalue weighted by molar-refractivity contribution is -0.114. The van der Waals surface area contributed by atoms with Gasteiger partial charge in [0.1, 0.15) is 0 Å². The van der Waals surface area contributed by atoms with E-state index in [2.05, 4.69) is 20.8 Å². The Kier molecular flexibility index (Phi) is 6.82. The van der Waals surface area contributed by atoms with Gasteiger partial charge in [-0.2, -0.15) is 0 Å². The Labute approximate surface area is 154 Å². The summed E-state index contributed by atoms with van der Waals surface area (Å²) in [5.74, 6) is -0.458. The van der Waals surface area contributed by atoms with E-state index in [1.807, 2.05) is 32.9 Å². The van der Waals surface area contributed by atoms with E-state index in [4.69, 9.17) is 17.2 Å². The molecule has 1 heterocycles. The molecule has 5 heteroatoms. The van der Waals surface area contributed by atoms with Crippen LogP contribution in [0.1, 0.15) is 46.4 Å². The highest BCUT2D eigenvalue weighted by atomic mass is 32.1. The zero-order chi connectivity index (χ0) is 19.4. The average molecular weight is 360 g/mol. The summed E-state index contributed by atoms with van der Waals surface area (Å²) in [5.41, 5.74) is 20.7. The monoisotopic (exact) mass is 359 g/mol. The van der Waals surface area contributed by atoms with Crippen LogP contribution in [0.2, 0.25) is 0 Å². The first-order valence-electron chi connectivity index (χ1n) is 8.13. The molecule has 4 nitrogen and oxygen atoms in total. The molecule has 0 bridgehead atoms. The van der Waals surface area contributed by atoms with E-state index in [1.54, 1.807) is 29.7 Å². The minimum absolute atomic E-state index is 0.154. The van der Waals surface area contributed by atoms with Gasteiger partial charge in [0.25, 0.3) is 0 Å². The molecule has 0 atom stereocenters. The molecule has 0 fully saturated rings. The molecular formula is C20H29N3OS. The second kappa shape index (κ2) is 8.21. The molecule has 0 radical (unpaired) electrons. The van der Waals surface area contributed by atoms with Crippen LogP contribution in [0.15, 0.2) is 35.4 Å². The van der Waals surface area contributed by atoms with E-state index >= 15 is 0 Å². The molecule has 136 valence electrons. The fraction of sp³-hybridized carbons (Fsp3) is 0.350. The van der Waals surface area contributed by atoms with Crippen LogP contribution in [0.25, 0.3) is 17.5 Å². The number of thiophene rings is 1. The molecule has 0 unspecified atom stereocenters. The summed E-state index contributed by atoms with van der Waals surface area (Å²) in [6.45, 7) is 12.1. The summed E-state index contributed by atoms with van der Waals surface area (Å²) in [5, 5.41) is 0.897. The van der Waals surface area contributed by atoms with E-state index in [0.717, 1.165) is 31.5 Å². The highest BCUT2D eigenvalue weighted by molar-refractivity contribution is 7.11. The Morgan fingerprint density at radius 2 is 1.72 bits per heavy atom. The third kappa shape index (κ3) is 5.64. The topological polar surface area (TPSA) is 95.1 Å². The average Bonchev–Trinajstić information content (AvgIpc) is 2.93. The summed E-state index contributed by atoms with van der Waals surface area (Å²) in [6, 6.07) is 1.99. The molecule has 25 heavy (non-hydrogen) atoms. The first-order valence-corrected chi connectivity index (χ1v) is 8.94. The van der Waals surface area contributed by atoms with Gasteiger partial charge in [-0.25, -0.2) is 0 Å². The maximum atomic E-state index is 11.7. The van der Waals surface area contributed by atoms with Crippen molar-refractivity contribution < 1.29 is 4.79 Å². The first-order chi connectivity index (χ1) is 11.5. The molecular weight excluding hydrogens is 330 g/mol. The lowest BCUT2D eigenvalue weighted by atomic mass is 9.92. The molecule has 0 spiro atoms. The van der Waals surface area contributed by atoms with Gasteiger partial charge < -0.3 is 17.2 Å². The highest BCUT2D eigenvalue weighted by Gasteiger charge is 2.16. The van der Waals surface area contributed by atoms with Crippen molar-refractivity contribution >= 4 is 34.7 Å². The normalized spacial score (nSPS) is 15.2. The standard InChI is InChI=1S/C20H29N3OS/c1-12(2)7-8-14(19(23)24)9-13(3)16-10-15(11-21)17(25-16)18(22)20(4,5)6/h7-11H,21-22H2,1-6H3,(H2,23,24)/b13-9+,14-8+,15-11-,18-17+. The Morgan fingerprint density at radius 1 is 1.12 bits per heavy atom. The molecule has 0 saturated carbocycles. The number of primary amides is 1. The van der Waals surface area contributed by atoms with Crippen molar-refractivity contribution in [3.8, 4) is 0 Å². The number of hydrogen-bond donors (Lipinski definition) is 3. The number of carbonyl (C=O) groups is 1. The van der Waals surface area contributed by atoms with Gasteiger partial charge in [-0.1, -0.05) is 32.4 Å². The van der Waals surface area contributed by atoms with E-state index in [-0.39, 0.29) is 5.41 Å². The Bertz CT molecular complexity index is 858. The molecule has 0 saturated heterocycles. The maximum Gasteiger partial charge on any atom is 0.248 e. The summed E-state index contributed by atoms with van der Waals surface area (Å²) < 4.78 is 0.964. The van der Waals surface area contributed by atoms with Gasteiger partial charge in [0.2, 0.25) is 5.91 Å². The second-order valence-electron chi connectivity index (χ2n) is 7.28. The molecule has 0 aliphatic heterocycles. The SMILES string of the molecule is CC(C)=C/C=C(\C=C(/C)c1cc(=C/N)/c(=C(\N)C(C)(C)C)s1)C(N)=O. The zero-order valence-electron chi connectivity index (χ0n) is 15.9. The van der Waals surface area contributed by atoms with Crippen LogP contribution < -0.4 is 27.0 Å². The van der Waals surface area contributed by atoms with Crippen LogP contribution in [-0.4, -0.2) is 5.91 Å². The van der Waals surface area contributed by atoms with E-state index in [0.29, 0.717) is 5.57 Å². The number of rotatable bonds is 4. The number of allylic oxidation sites excluding steroid dienone is 4. The van der Waals surface area contributed by atoms with Crippen LogP contribution in [0, 0.1) is 5.41 Å². The highest BCUT2D eigenvalue weighted by Crippen LogP contribution is 2.22. The number of nitrogens with two attached hydrogens (primary N) is 3.